The molecule has 3 aromatic rings. The highest BCUT2D eigenvalue weighted by Crippen LogP contribution is 2.20. The molecule has 0 amide bonds. The van der Waals surface area contributed by atoms with Gasteiger partial charge in [0.25, 0.3) is 5.56 Å². The average Bonchev–Trinajstić information content (AvgIpc) is 2.99. The van der Waals surface area contributed by atoms with E-state index in [4.69, 9.17) is 0 Å². The SMILES string of the molecule is CCc1nn2c(=O)cc(CSCc3ccc(SC)cc3)nc2s1. The van der Waals surface area contributed by atoms with Crippen LogP contribution in [0.25, 0.3) is 4.96 Å². The van der Waals surface area contributed by atoms with Crippen LogP contribution in [-0.4, -0.2) is 20.9 Å². The molecule has 0 N–H and O–H groups in total. The predicted octanol–water partition coefficient (Wildman–Crippen LogP) is 3.87. The molecule has 0 spiro atoms. The number of rotatable bonds is 6. The largest absolute Gasteiger partial charge is 0.275 e. The topological polar surface area (TPSA) is 47.3 Å². The first-order valence-electron chi connectivity index (χ1n) is 7.29. The van der Waals surface area contributed by atoms with Crippen molar-refractivity contribution in [2.45, 2.75) is 29.7 Å². The predicted molar refractivity (Wildman–Crippen MR) is 99.7 cm³/mol. The number of aromatic nitrogens is 3. The maximum atomic E-state index is 12.1. The number of thioether (sulfide) groups is 2. The number of benzene rings is 1. The van der Waals surface area contributed by atoms with Crippen molar-refractivity contribution in [2.75, 3.05) is 6.26 Å². The van der Waals surface area contributed by atoms with Gasteiger partial charge in [0.05, 0.1) is 5.69 Å². The second kappa shape index (κ2) is 7.51. The molecule has 0 atom stereocenters. The van der Waals surface area contributed by atoms with Gasteiger partial charge < -0.3 is 0 Å². The highest BCUT2D eigenvalue weighted by atomic mass is 32.2. The minimum absolute atomic E-state index is 0.0918. The van der Waals surface area contributed by atoms with Crippen LogP contribution < -0.4 is 5.56 Å². The van der Waals surface area contributed by atoms with E-state index in [-0.39, 0.29) is 5.56 Å². The van der Waals surface area contributed by atoms with E-state index in [9.17, 15) is 4.79 Å². The van der Waals surface area contributed by atoms with Crippen LogP contribution in [0.4, 0.5) is 0 Å². The summed E-state index contributed by atoms with van der Waals surface area (Å²) < 4.78 is 1.40. The molecule has 0 saturated carbocycles. The van der Waals surface area contributed by atoms with Crippen LogP contribution >= 0.6 is 34.9 Å². The summed E-state index contributed by atoms with van der Waals surface area (Å²) >= 11 is 5.00. The number of hydrogen-bond acceptors (Lipinski definition) is 6. The first kappa shape index (κ1) is 16.5. The summed E-state index contributed by atoms with van der Waals surface area (Å²) in [6, 6.07) is 10.2. The zero-order chi connectivity index (χ0) is 16.2. The zero-order valence-corrected chi connectivity index (χ0v) is 15.4. The Labute approximate surface area is 147 Å². The Balaban J connectivity index is 1.67. The molecule has 2 aromatic heterocycles. The summed E-state index contributed by atoms with van der Waals surface area (Å²) in [5.74, 6) is 1.65. The summed E-state index contributed by atoms with van der Waals surface area (Å²) in [6.45, 7) is 2.03. The maximum Gasteiger partial charge on any atom is 0.275 e. The molecule has 0 fully saturated rings. The molecule has 120 valence electrons. The molecule has 0 aliphatic heterocycles. The lowest BCUT2D eigenvalue weighted by Crippen LogP contribution is -2.15. The van der Waals surface area contributed by atoms with E-state index in [2.05, 4.69) is 40.6 Å². The minimum atomic E-state index is -0.0918. The molecular weight excluding hydrogens is 346 g/mol. The lowest BCUT2D eigenvalue weighted by Gasteiger charge is -2.03. The maximum absolute atomic E-state index is 12.1. The number of aryl methyl sites for hydroxylation is 1. The van der Waals surface area contributed by atoms with Gasteiger partial charge in [-0.25, -0.2) is 4.98 Å². The number of hydrogen-bond donors (Lipinski definition) is 0. The first-order valence-corrected chi connectivity index (χ1v) is 10.5. The summed E-state index contributed by atoms with van der Waals surface area (Å²) in [4.78, 5) is 18.6. The van der Waals surface area contributed by atoms with Crippen LogP contribution in [-0.2, 0) is 17.9 Å². The molecule has 0 unspecified atom stereocenters. The van der Waals surface area contributed by atoms with E-state index in [1.165, 1.54) is 26.3 Å². The van der Waals surface area contributed by atoms with Gasteiger partial charge in [0.1, 0.15) is 5.01 Å². The molecule has 0 saturated heterocycles. The standard InChI is InChI=1S/C16H17N3OS3/c1-3-14-18-19-15(20)8-12(17-16(19)23-14)10-22-9-11-4-6-13(21-2)7-5-11/h4-8H,3,9-10H2,1-2H3. The summed E-state index contributed by atoms with van der Waals surface area (Å²) in [7, 11) is 0. The van der Waals surface area contributed by atoms with Gasteiger partial charge >= 0.3 is 0 Å². The Morgan fingerprint density at radius 1 is 1.22 bits per heavy atom. The van der Waals surface area contributed by atoms with Gasteiger partial charge in [-0.2, -0.15) is 21.4 Å². The number of nitrogens with zero attached hydrogens (tertiary/aromatic N) is 3. The van der Waals surface area contributed by atoms with Crippen LogP contribution in [0.1, 0.15) is 23.2 Å². The van der Waals surface area contributed by atoms with Gasteiger partial charge in [-0.15, -0.1) is 11.8 Å². The van der Waals surface area contributed by atoms with Crippen molar-refractivity contribution in [2.24, 2.45) is 0 Å². The third-order valence-electron chi connectivity index (χ3n) is 3.32. The fourth-order valence-electron chi connectivity index (χ4n) is 2.11. The number of fused-ring (bicyclic) bond motifs is 1. The van der Waals surface area contributed by atoms with E-state index in [1.807, 2.05) is 6.92 Å². The Bertz CT molecular complexity index is 855. The highest BCUT2D eigenvalue weighted by Gasteiger charge is 2.08. The lowest BCUT2D eigenvalue weighted by atomic mass is 10.2. The van der Waals surface area contributed by atoms with Crippen molar-refractivity contribution < 1.29 is 0 Å². The van der Waals surface area contributed by atoms with Crippen molar-refractivity contribution in [3.8, 4) is 0 Å². The molecule has 0 aliphatic carbocycles. The zero-order valence-electron chi connectivity index (χ0n) is 13.0. The first-order chi connectivity index (χ1) is 11.2. The average molecular weight is 364 g/mol. The molecule has 1 aromatic carbocycles. The van der Waals surface area contributed by atoms with E-state index >= 15 is 0 Å². The van der Waals surface area contributed by atoms with Crippen LogP contribution in [0.15, 0.2) is 40.0 Å². The highest BCUT2D eigenvalue weighted by molar-refractivity contribution is 7.98. The molecule has 0 aliphatic rings. The van der Waals surface area contributed by atoms with Crippen LogP contribution in [0.2, 0.25) is 0 Å². The van der Waals surface area contributed by atoms with Crippen LogP contribution in [0.3, 0.4) is 0 Å². The Morgan fingerprint density at radius 2 is 2.00 bits per heavy atom. The van der Waals surface area contributed by atoms with Gasteiger partial charge in [-0.1, -0.05) is 30.4 Å². The Kier molecular flexibility index (Phi) is 5.40. The van der Waals surface area contributed by atoms with Gasteiger partial charge in [0.2, 0.25) is 4.96 Å². The van der Waals surface area contributed by atoms with Crippen molar-refractivity contribution in [3.63, 3.8) is 0 Å². The summed E-state index contributed by atoms with van der Waals surface area (Å²) in [5, 5.41) is 5.21. The second-order valence-electron chi connectivity index (χ2n) is 4.97. The van der Waals surface area contributed by atoms with Gasteiger partial charge in [0, 0.05) is 22.5 Å². The fraction of sp³-hybridized carbons (Fsp3) is 0.312. The Morgan fingerprint density at radius 3 is 2.70 bits per heavy atom. The van der Waals surface area contributed by atoms with E-state index < -0.39 is 0 Å². The summed E-state index contributed by atoms with van der Waals surface area (Å²) in [6.07, 6.45) is 2.90. The van der Waals surface area contributed by atoms with Crippen molar-refractivity contribution >= 4 is 39.8 Å². The molecular formula is C16H17N3OS3. The smallest absolute Gasteiger partial charge is 0.267 e. The van der Waals surface area contributed by atoms with E-state index in [0.717, 1.165) is 28.6 Å². The molecule has 7 heteroatoms. The van der Waals surface area contributed by atoms with Crippen molar-refractivity contribution in [1.29, 1.82) is 0 Å². The van der Waals surface area contributed by atoms with Crippen LogP contribution in [0, 0.1) is 0 Å². The minimum Gasteiger partial charge on any atom is -0.267 e. The van der Waals surface area contributed by atoms with Crippen molar-refractivity contribution in [1.82, 2.24) is 14.6 Å². The molecule has 2 heterocycles. The normalized spacial score (nSPS) is 11.2. The third-order valence-corrected chi connectivity index (χ3v) is 6.15. The van der Waals surface area contributed by atoms with E-state index in [0.29, 0.717) is 4.96 Å². The van der Waals surface area contributed by atoms with Gasteiger partial charge in [-0.05, 0) is 30.4 Å². The summed E-state index contributed by atoms with van der Waals surface area (Å²) in [5.41, 5.74) is 2.02. The molecule has 4 nitrogen and oxygen atoms in total. The molecule has 23 heavy (non-hydrogen) atoms. The quantitative estimate of drug-likeness (QED) is 0.622. The lowest BCUT2D eigenvalue weighted by molar-refractivity contribution is 0.852. The molecule has 0 radical (unpaired) electrons. The van der Waals surface area contributed by atoms with Gasteiger partial charge in [-0.3, -0.25) is 4.79 Å². The Hall–Kier alpha value is -1.31. The van der Waals surface area contributed by atoms with E-state index in [1.54, 1.807) is 29.6 Å². The monoisotopic (exact) mass is 363 g/mol. The fourth-order valence-corrected chi connectivity index (χ4v) is 4.26. The molecule has 3 rings (SSSR count). The molecule has 0 bridgehead atoms. The third kappa shape index (κ3) is 3.97. The van der Waals surface area contributed by atoms with Crippen LogP contribution in [0.5, 0.6) is 0 Å². The second-order valence-corrected chi connectivity index (χ2v) is 7.88. The van der Waals surface area contributed by atoms with Gasteiger partial charge in [0.15, 0.2) is 0 Å². The van der Waals surface area contributed by atoms with Crippen molar-refractivity contribution in [3.05, 3.63) is 57.0 Å².